The average Bonchev–Trinajstić information content (AvgIpc) is 2.72. The largest absolute Gasteiger partial charge is 0.332 e. The van der Waals surface area contributed by atoms with E-state index < -0.39 is 0 Å². The molecule has 0 aliphatic carbocycles. The van der Waals surface area contributed by atoms with Crippen LogP contribution < -0.4 is 0 Å². The van der Waals surface area contributed by atoms with Crippen LogP contribution in [0, 0.1) is 0 Å². The maximum absolute atomic E-state index is 11.8. The number of nitrogens with zero attached hydrogens (tertiary/aromatic N) is 1. The van der Waals surface area contributed by atoms with E-state index in [-0.39, 0.29) is 0 Å². The summed E-state index contributed by atoms with van der Waals surface area (Å²) in [5, 5.41) is 0. The molecular formula is C16H25NO. The molecule has 0 N–H and O–H groups in total. The maximum atomic E-state index is 11.8. The number of hydrogen-bond acceptors (Lipinski definition) is 1. The highest BCUT2D eigenvalue weighted by atomic mass is 16.2. The van der Waals surface area contributed by atoms with Crippen LogP contribution in [0.4, 0.5) is 0 Å². The van der Waals surface area contributed by atoms with Gasteiger partial charge >= 0.3 is 0 Å². The second-order valence-corrected chi connectivity index (χ2v) is 5.59. The van der Waals surface area contributed by atoms with Crippen molar-refractivity contribution in [1.82, 2.24) is 4.90 Å². The van der Waals surface area contributed by atoms with Crippen LogP contribution in [0.2, 0.25) is 0 Å². The Kier molecular flexibility index (Phi) is 4.62. The lowest BCUT2D eigenvalue weighted by molar-refractivity contribution is -0.128. The molecule has 1 unspecified atom stereocenters. The fourth-order valence-corrected chi connectivity index (χ4v) is 3.02. The molecule has 1 fully saturated rings. The molecule has 18 heavy (non-hydrogen) atoms. The van der Waals surface area contributed by atoms with E-state index in [9.17, 15) is 4.79 Å². The van der Waals surface area contributed by atoms with Crippen molar-refractivity contribution in [2.24, 2.45) is 0 Å². The van der Waals surface area contributed by atoms with Crippen molar-refractivity contribution in [3.63, 3.8) is 0 Å². The van der Waals surface area contributed by atoms with Crippen molar-refractivity contribution in [3.05, 3.63) is 23.3 Å². The molecule has 2 nitrogen and oxygen atoms in total. The van der Waals surface area contributed by atoms with Gasteiger partial charge in [-0.2, -0.15) is 0 Å². The van der Waals surface area contributed by atoms with Crippen LogP contribution in [-0.4, -0.2) is 23.4 Å². The van der Waals surface area contributed by atoms with Crippen molar-refractivity contribution in [1.29, 1.82) is 0 Å². The number of rotatable bonds is 5. The first-order valence-electron chi connectivity index (χ1n) is 7.39. The Morgan fingerprint density at radius 1 is 1.39 bits per heavy atom. The number of allylic oxidation sites excluding steroid dienone is 1. The summed E-state index contributed by atoms with van der Waals surface area (Å²) in [6, 6.07) is 0.398. The highest BCUT2D eigenvalue weighted by Gasteiger charge is 2.34. The molecule has 0 aromatic carbocycles. The number of carbonyl (C=O) groups is 1. The lowest BCUT2D eigenvalue weighted by Gasteiger charge is -2.30. The van der Waals surface area contributed by atoms with Gasteiger partial charge in [0.1, 0.15) is 0 Å². The summed E-state index contributed by atoms with van der Waals surface area (Å²) >= 11 is 0. The molecule has 1 saturated heterocycles. The van der Waals surface area contributed by atoms with Gasteiger partial charge in [-0.15, -0.1) is 0 Å². The van der Waals surface area contributed by atoms with Crippen LogP contribution in [-0.2, 0) is 4.79 Å². The minimum Gasteiger partial charge on any atom is -0.332 e. The minimum atomic E-state index is 0.337. The third-order valence-electron chi connectivity index (χ3n) is 4.08. The highest BCUT2D eigenvalue weighted by molar-refractivity contribution is 5.80. The van der Waals surface area contributed by atoms with Crippen molar-refractivity contribution < 1.29 is 4.79 Å². The highest BCUT2D eigenvalue weighted by Crippen LogP contribution is 2.30. The van der Waals surface area contributed by atoms with Crippen LogP contribution in [0.15, 0.2) is 23.3 Å². The van der Waals surface area contributed by atoms with Crippen LogP contribution in [0.25, 0.3) is 0 Å². The van der Waals surface area contributed by atoms with Gasteiger partial charge in [-0.1, -0.05) is 43.9 Å². The van der Waals surface area contributed by atoms with Gasteiger partial charge in [0.2, 0.25) is 5.91 Å². The third-order valence-corrected chi connectivity index (χ3v) is 4.08. The van der Waals surface area contributed by atoms with E-state index in [0.29, 0.717) is 11.9 Å². The molecular weight excluding hydrogens is 222 g/mol. The molecule has 2 heterocycles. The molecule has 1 amide bonds. The molecule has 0 bridgehead atoms. The smallest absolute Gasteiger partial charge is 0.223 e. The van der Waals surface area contributed by atoms with Crippen LogP contribution >= 0.6 is 0 Å². The van der Waals surface area contributed by atoms with Crippen molar-refractivity contribution in [2.75, 3.05) is 6.54 Å². The molecule has 0 aromatic heterocycles. The van der Waals surface area contributed by atoms with E-state index in [0.717, 1.165) is 25.8 Å². The lowest BCUT2D eigenvalue weighted by Crippen LogP contribution is -2.37. The van der Waals surface area contributed by atoms with E-state index in [2.05, 4.69) is 30.9 Å². The second-order valence-electron chi connectivity index (χ2n) is 5.59. The first-order chi connectivity index (χ1) is 8.72. The summed E-state index contributed by atoms with van der Waals surface area (Å²) in [6.45, 7) is 5.25. The predicted octanol–water partition coefficient (Wildman–Crippen LogP) is 3.83. The van der Waals surface area contributed by atoms with E-state index in [1.54, 1.807) is 0 Å². The average molecular weight is 247 g/mol. The molecule has 0 saturated carbocycles. The zero-order valence-corrected chi connectivity index (χ0v) is 11.7. The number of hydrogen-bond donors (Lipinski definition) is 0. The zero-order valence-electron chi connectivity index (χ0n) is 11.7. The molecule has 2 aliphatic heterocycles. The van der Waals surface area contributed by atoms with Gasteiger partial charge in [-0.3, -0.25) is 4.79 Å². The van der Waals surface area contributed by atoms with Gasteiger partial charge in [-0.05, 0) is 31.8 Å². The summed E-state index contributed by atoms with van der Waals surface area (Å²) in [4.78, 5) is 13.8. The molecule has 0 radical (unpaired) electrons. The topological polar surface area (TPSA) is 20.3 Å². The fourth-order valence-electron chi connectivity index (χ4n) is 3.02. The van der Waals surface area contributed by atoms with E-state index in [1.165, 1.54) is 36.8 Å². The molecule has 100 valence electrons. The van der Waals surface area contributed by atoms with Gasteiger partial charge in [0.15, 0.2) is 0 Å². The number of unbranched alkanes of at least 4 members (excludes halogenated alkanes) is 4. The van der Waals surface area contributed by atoms with Crippen LogP contribution in [0.3, 0.4) is 0 Å². The monoisotopic (exact) mass is 247 g/mol. The summed E-state index contributed by atoms with van der Waals surface area (Å²) in [7, 11) is 0. The van der Waals surface area contributed by atoms with E-state index in [1.807, 2.05) is 0 Å². The van der Waals surface area contributed by atoms with Gasteiger partial charge < -0.3 is 4.90 Å². The van der Waals surface area contributed by atoms with Crippen molar-refractivity contribution in [2.45, 2.75) is 64.8 Å². The normalized spacial score (nSPS) is 25.6. The summed E-state index contributed by atoms with van der Waals surface area (Å²) in [5.41, 5.74) is 2.71. The molecule has 2 rings (SSSR count). The van der Waals surface area contributed by atoms with Gasteiger partial charge in [0.25, 0.3) is 0 Å². The molecule has 2 aliphatic rings. The number of amides is 1. The predicted molar refractivity (Wildman–Crippen MR) is 75.3 cm³/mol. The summed E-state index contributed by atoms with van der Waals surface area (Å²) in [5.74, 6) is 0.337. The Balaban J connectivity index is 1.90. The molecule has 0 spiro atoms. The molecule has 1 atom stereocenters. The maximum Gasteiger partial charge on any atom is 0.223 e. The SMILES string of the molecule is CCCCCC/C=C1\C=C(C)C2CCC(=O)N2C1. The zero-order chi connectivity index (χ0) is 13.0. The molecule has 0 aromatic rings. The Morgan fingerprint density at radius 2 is 2.22 bits per heavy atom. The first-order valence-corrected chi connectivity index (χ1v) is 7.39. The minimum absolute atomic E-state index is 0.337. The van der Waals surface area contributed by atoms with Gasteiger partial charge in [-0.25, -0.2) is 0 Å². The number of carbonyl (C=O) groups excluding carboxylic acids is 1. The number of fused-ring (bicyclic) bond motifs is 1. The Bertz CT molecular complexity index is 367. The molecule has 2 heteroatoms. The third kappa shape index (κ3) is 3.04. The van der Waals surface area contributed by atoms with E-state index >= 15 is 0 Å². The second kappa shape index (κ2) is 6.21. The Morgan fingerprint density at radius 3 is 3.00 bits per heavy atom. The fraction of sp³-hybridized carbons (Fsp3) is 0.688. The van der Waals surface area contributed by atoms with E-state index in [4.69, 9.17) is 0 Å². The standard InChI is InChI=1S/C16H25NO/c1-3-4-5-6-7-8-14-11-13(2)15-9-10-16(18)17(15)12-14/h8,11,15H,3-7,9-10,12H2,1-2H3/b14-8+. The van der Waals surface area contributed by atoms with Crippen molar-refractivity contribution in [3.8, 4) is 0 Å². The van der Waals surface area contributed by atoms with Crippen LogP contribution in [0.5, 0.6) is 0 Å². The Hall–Kier alpha value is -1.05. The first kappa shape index (κ1) is 13.4. The van der Waals surface area contributed by atoms with Crippen LogP contribution in [0.1, 0.15) is 58.8 Å². The Labute approximate surface area is 111 Å². The summed E-state index contributed by atoms with van der Waals surface area (Å²) in [6.07, 6.45) is 12.8. The van der Waals surface area contributed by atoms with Gasteiger partial charge in [0.05, 0.1) is 6.04 Å². The lowest BCUT2D eigenvalue weighted by atomic mass is 9.97. The summed E-state index contributed by atoms with van der Waals surface area (Å²) < 4.78 is 0. The van der Waals surface area contributed by atoms with Gasteiger partial charge in [0, 0.05) is 13.0 Å². The van der Waals surface area contributed by atoms with Crippen molar-refractivity contribution >= 4 is 5.91 Å². The quantitative estimate of drug-likeness (QED) is 0.676.